The van der Waals surface area contributed by atoms with Crippen LogP contribution < -0.4 is 26.8 Å². The fourth-order valence-electron chi connectivity index (χ4n) is 3.05. The predicted octanol–water partition coefficient (Wildman–Crippen LogP) is 1.39. The van der Waals surface area contributed by atoms with Crippen LogP contribution in [0.1, 0.15) is 36.1 Å². The van der Waals surface area contributed by atoms with Gasteiger partial charge in [0.1, 0.15) is 35.1 Å². The van der Waals surface area contributed by atoms with Gasteiger partial charge in [0.05, 0.1) is 25.3 Å². The van der Waals surface area contributed by atoms with Crippen molar-refractivity contribution in [2.45, 2.75) is 19.4 Å². The fraction of sp³-hybridized carbons (Fsp3) is 0.250. The lowest BCUT2D eigenvalue weighted by atomic mass is 9.95. The number of hydrogen-bond acceptors (Lipinski definition) is 11. The molecule has 11 nitrogen and oxygen atoms in total. The molecular weight excluding hydrogens is 400 g/mol. The van der Waals surface area contributed by atoms with E-state index in [-0.39, 0.29) is 42.0 Å². The van der Waals surface area contributed by atoms with Crippen LogP contribution >= 0.6 is 0 Å². The molecule has 1 atom stereocenters. The molecule has 2 heterocycles. The van der Waals surface area contributed by atoms with Crippen molar-refractivity contribution in [3.63, 3.8) is 0 Å². The zero-order valence-electron chi connectivity index (χ0n) is 16.7. The van der Waals surface area contributed by atoms with Gasteiger partial charge in [-0.1, -0.05) is 12.1 Å². The van der Waals surface area contributed by atoms with Crippen LogP contribution in [0.3, 0.4) is 0 Å². The van der Waals surface area contributed by atoms with Crippen LogP contribution in [-0.2, 0) is 9.53 Å². The first kappa shape index (κ1) is 21.2. The van der Waals surface area contributed by atoms with Gasteiger partial charge in [0.2, 0.25) is 5.96 Å². The summed E-state index contributed by atoms with van der Waals surface area (Å²) in [7, 11) is 0. The highest BCUT2D eigenvalue weighted by atomic mass is 16.5. The first-order chi connectivity index (χ1) is 15.0. The van der Waals surface area contributed by atoms with Crippen LogP contribution in [0.4, 0.5) is 17.3 Å². The third-order valence-corrected chi connectivity index (χ3v) is 4.43. The summed E-state index contributed by atoms with van der Waals surface area (Å²) < 4.78 is 10.4. The van der Waals surface area contributed by atoms with E-state index in [9.17, 15) is 10.1 Å². The minimum atomic E-state index is -0.638. The number of nitrogen functional groups attached to an aromatic ring is 2. The molecule has 0 amide bonds. The van der Waals surface area contributed by atoms with Gasteiger partial charge in [0, 0.05) is 5.56 Å². The summed E-state index contributed by atoms with van der Waals surface area (Å²) in [6.45, 7) is 2.25. The standard InChI is InChI=1S/C20H20N8O3/c1-2-30-14(29)7-8-31-12-5-3-11(4-6-12)17-15-16(23)13(9-21)18(24)27-19(15)28-20(26-17)25-10-22/h3-6,17H,2,7-8H2,1H3,(H6,23,24,25,26,27,28). The summed E-state index contributed by atoms with van der Waals surface area (Å²) in [5.41, 5.74) is 13.5. The summed E-state index contributed by atoms with van der Waals surface area (Å²) in [5, 5.41) is 23.6. The van der Waals surface area contributed by atoms with Crippen molar-refractivity contribution in [2.24, 2.45) is 4.99 Å². The number of pyridine rings is 1. The number of nitrogens with two attached hydrogens (primary N) is 2. The Morgan fingerprint density at radius 3 is 2.68 bits per heavy atom. The molecule has 1 aromatic carbocycles. The molecule has 0 aliphatic carbocycles. The molecule has 1 aliphatic heterocycles. The number of guanidine groups is 1. The van der Waals surface area contributed by atoms with E-state index in [4.69, 9.17) is 26.2 Å². The first-order valence-electron chi connectivity index (χ1n) is 9.35. The molecule has 6 N–H and O–H groups in total. The van der Waals surface area contributed by atoms with Gasteiger partial charge in [0.15, 0.2) is 6.19 Å². The zero-order valence-corrected chi connectivity index (χ0v) is 16.7. The lowest BCUT2D eigenvalue weighted by molar-refractivity contribution is -0.143. The quantitative estimate of drug-likeness (QED) is 0.302. The molecule has 0 spiro atoms. The monoisotopic (exact) mass is 420 g/mol. The molecule has 158 valence electrons. The van der Waals surface area contributed by atoms with E-state index in [1.54, 1.807) is 37.4 Å². The number of carbonyl (C=O) groups excluding carboxylic acids is 1. The van der Waals surface area contributed by atoms with Crippen molar-refractivity contribution in [3.05, 3.63) is 41.0 Å². The largest absolute Gasteiger partial charge is 0.493 e. The summed E-state index contributed by atoms with van der Waals surface area (Å²) in [5.74, 6) is 0.691. The highest BCUT2D eigenvalue weighted by molar-refractivity contribution is 5.98. The van der Waals surface area contributed by atoms with Crippen molar-refractivity contribution in [2.75, 3.05) is 30.0 Å². The second-order valence-corrected chi connectivity index (χ2v) is 6.37. The first-order valence-corrected chi connectivity index (χ1v) is 9.35. The Balaban J connectivity index is 1.88. The molecule has 1 aromatic heterocycles. The second kappa shape index (κ2) is 9.33. The predicted molar refractivity (Wildman–Crippen MR) is 113 cm³/mol. The van der Waals surface area contributed by atoms with E-state index in [1.807, 2.05) is 6.07 Å². The van der Waals surface area contributed by atoms with E-state index in [1.165, 1.54) is 0 Å². The number of ether oxygens (including phenoxy) is 2. The van der Waals surface area contributed by atoms with Gasteiger partial charge < -0.3 is 26.3 Å². The maximum atomic E-state index is 11.4. The number of fused-ring (bicyclic) bond motifs is 1. The molecule has 0 fully saturated rings. The summed E-state index contributed by atoms with van der Waals surface area (Å²) in [6, 6.07) is 8.31. The van der Waals surface area contributed by atoms with Gasteiger partial charge in [-0.15, -0.1) is 0 Å². The van der Waals surface area contributed by atoms with Crippen LogP contribution in [0.25, 0.3) is 0 Å². The summed E-state index contributed by atoms with van der Waals surface area (Å²) >= 11 is 0. The molecule has 0 bridgehead atoms. The van der Waals surface area contributed by atoms with E-state index in [0.29, 0.717) is 23.7 Å². The molecule has 0 saturated heterocycles. The number of nitrogens with zero attached hydrogens (tertiary/aromatic N) is 4. The third kappa shape index (κ3) is 4.57. The van der Waals surface area contributed by atoms with Crippen LogP contribution in [0.5, 0.6) is 5.75 Å². The topological polar surface area (TPSA) is 184 Å². The van der Waals surface area contributed by atoms with Gasteiger partial charge in [0.25, 0.3) is 0 Å². The Labute approximate surface area is 178 Å². The summed E-state index contributed by atoms with van der Waals surface area (Å²) in [6.07, 6.45) is 1.94. The number of rotatable bonds is 6. The Hall–Kier alpha value is -4.51. The van der Waals surface area contributed by atoms with Crippen molar-refractivity contribution in [1.82, 2.24) is 10.3 Å². The molecule has 31 heavy (non-hydrogen) atoms. The summed E-state index contributed by atoms with van der Waals surface area (Å²) in [4.78, 5) is 20.1. The van der Waals surface area contributed by atoms with E-state index < -0.39 is 6.04 Å². The minimum absolute atomic E-state index is 0.0199. The molecule has 0 radical (unpaired) electrons. The average molecular weight is 420 g/mol. The molecule has 1 aliphatic rings. The maximum Gasteiger partial charge on any atom is 0.309 e. The van der Waals surface area contributed by atoms with Gasteiger partial charge in [-0.25, -0.2) is 9.98 Å². The lowest BCUT2D eigenvalue weighted by Crippen LogP contribution is -2.32. The number of nitrogens with one attached hydrogen (secondary N) is 2. The molecular formula is C20H20N8O3. The number of esters is 1. The highest BCUT2D eigenvalue weighted by Gasteiger charge is 2.29. The minimum Gasteiger partial charge on any atom is -0.493 e. The number of carbonyl (C=O) groups is 1. The lowest BCUT2D eigenvalue weighted by Gasteiger charge is -2.26. The number of benzene rings is 1. The van der Waals surface area contributed by atoms with Crippen molar-refractivity contribution < 1.29 is 14.3 Å². The molecule has 0 saturated carbocycles. The smallest absolute Gasteiger partial charge is 0.309 e. The highest BCUT2D eigenvalue weighted by Crippen LogP contribution is 2.40. The van der Waals surface area contributed by atoms with Gasteiger partial charge in [-0.2, -0.15) is 10.5 Å². The molecule has 1 unspecified atom stereocenters. The number of aromatic nitrogens is 1. The van der Waals surface area contributed by atoms with Crippen molar-refractivity contribution >= 4 is 29.3 Å². The Bertz CT molecular complexity index is 1100. The number of hydrogen-bond donors (Lipinski definition) is 4. The molecule has 3 rings (SSSR count). The normalized spacial score (nSPS) is 14.2. The van der Waals surface area contributed by atoms with Crippen LogP contribution in [0, 0.1) is 22.8 Å². The van der Waals surface area contributed by atoms with E-state index >= 15 is 0 Å². The van der Waals surface area contributed by atoms with E-state index in [2.05, 4.69) is 20.6 Å². The van der Waals surface area contributed by atoms with Crippen LogP contribution in [0.15, 0.2) is 29.3 Å². The van der Waals surface area contributed by atoms with Crippen LogP contribution in [0.2, 0.25) is 0 Å². The second-order valence-electron chi connectivity index (χ2n) is 6.37. The number of aliphatic imine (C=N–C) groups is 1. The van der Waals surface area contributed by atoms with E-state index in [0.717, 1.165) is 5.56 Å². The average Bonchev–Trinajstić information content (AvgIpc) is 2.74. The molecule has 11 heteroatoms. The number of nitriles is 2. The molecule has 2 aromatic rings. The third-order valence-electron chi connectivity index (χ3n) is 4.43. The van der Waals surface area contributed by atoms with Gasteiger partial charge in [-0.05, 0) is 24.6 Å². The Kier molecular flexibility index (Phi) is 6.38. The number of anilines is 3. The maximum absolute atomic E-state index is 11.4. The Morgan fingerprint density at radius 1 is 1.29 bits per heavy atom. The Morgan fingerprint density at radius 2 is 2.03 bits per heavy atom. The van der Waals surface area contributed by atoms with Crippen molar-refractivity contribution in [3.8, 4) is 18.0 Å². The van der Waals surface area contributed by atoms with Crippen molar-refractivity contribution in [1.29, 1.82) is 10.5 Å². The SMILES string of the molecule is CCOC(=O)CCOc1ccc(C2N=C(NC#N)Nc3nc(N)c(C#N)c(N)c32)cc1. The fourth-order valence-corrected chi connectivity index (χ4v) is 3.05. The zero-order chi connectivity index (χ0) is 22.4. The van der Waals surface area contributed by atoms with Gasteiger partial charge in [-0.3, -0.25) is 10.1 Å². The van der Waals surface area contributed by atoms with Crippen LogP contribution in [-0.4, -0.2) is 30.1 Å². The van der Waals surface area contributed by atoms with Gasteiger partial charge >= 0.3 is 5.97 Å².